The highest BCUT2D eigenvalue weighted by Gasteiger charge is 2.30. The molecular formula is C17H20O2. The van der Waals surface area contributed by atoms with E-state index in [1.54, 1.807) is 7.11 Å². The van der Waals surface area contributed by atoms with Crippen molar-refractivity contribution < 1.29 is 9.53 Å². The molecule has 0 aliphatic heterocycles. The summed E-state index contributed by atoms with van der Waals surface area (Å²) in [5.41, 5.74) is 0.324. The second-order valence-electron chi connectivity index (χ2n) is 5.43. The second-order valence-corrected chi connectivity index (χ2v) is 5.43. The zero-order valence-corrected chi connectivity index (χ0v) is 12.0. The van der Waals surface area contributed by atoms with Crippen molar-refractivity contribution in [2.45, 2.75) is 27.2 Å². The molecule has 0 heterocycles. The first-order valence-corrected chi connectivity index (χ1v) is 6.62. The fourth-order valence-electron chi connectivity index (χ4n) is 2.15. The van der Waals surface area contributed by atoms with Gasteiger partial charge in [0.1, 0.15) is 5.75 Å². The van der Waals surface area contributed by atoms with Crippen molar-refractivity contribution in [3.63, 3.8) is 0 Å². The normalized spacial score (nSPS) is 11.6. The van der Waals surface area contributed by atoms with Gasteiger partial charge >= 0.3 is 0 Å². The Morgan fingerprint density at radius 2 is 1.84 bits per heavy atom. The summed E-state index contributed by atoms with van der Waals surface area (Å²) in [6.07, 6.45) is 0.804. The van der Waals surface area contributed by atoms with Crippen LogP contribution in [0.5, 0.6) is 5.75 Å². The van der Waals surface area contributed by atoms with Gasteiger partial charge in [0, 0.05) is 5.41 Å². The van der Waals surface area contributed by atoms with Crippen molar-refractivity contribution in [3.8, 4) is 5.75 Å². The topological polar surface area (TPSA) is 26.3 Å². The average Bonchev–Trinajstić information content (AvgIpc) is 2.45. The molecule has 0 aliphatic carbocycles. The Morgan fingerprint density at radius 3 is 2.47 bits per heavy atom. The van der Waals surface area contributed by atoms with E-state index < -0.39 is 0 Å². The van der Waals surface area contributed by atoms with E-state index in [0.717, 1.165) is 17.2 Å². The lowest BCUT2D eigenvalue weighted by atomic mass is 9.80. The van der Waals surface area contributed by atoms with Gasteiger partial charge in [-0.2, -0.15) is 0 Å². The zero-order valence-electron chi connectivity index (χ0n) is 12.0. The summed E-state index contributed by atoms with van der Waals surface area (Å²) in [5.74, 6) is 0.800. The van der Waals surface area contributed by atoms with Gasteiger partial charge in [-0.3, -0.25) is 4.79 Å². The highest BCUT2D eigenvalue weighted by molar-refractivity contribution is 6.12. The number of methoxy groups -OCH3 is 1. The van der Waals surface area contributed by atoms with Crippen LogP contribution in [0.3, 0.4) is 0 Å². The third kappa shape index (κ3) is 2.35. The monoisotopic (exact) mass is 256 g/mol. The molecule has 0 radical (unpaired) electrons. The Labute approximate surface area is 114 Å². The molecule has 2 aromatic rings. The van der Waals surface area contributed by atoms with Gasteiger partial charge in [0.15, 0.2) is 5.78 Å². The lowest BCUT2D eigenvalue weighted by Crippen LogP contribution is -2.24. The fraction of sp³-hybridized carbons (Fsp3) is 0.353. The molecule has 0 unspecified atom stereocenters. The Hall–Kier alpha value is -1.83. The van der Waals surface area contributed by atoms with E-state index >= 15 is 0 Å². The number of hydrogen-bond donors (Lipinski definition) is 0. The van der Waals surface area contributed by atoms with Crippen LogP contribution >= 0.6 is 0 Å². The number of rotatable bonds is 4. The largest absolute Gasteiger partial charge is 0.496 e. The van der Waals surface area contributed by atoms with E-state index in [1.807, 2.05) is 57.2 Å². The van der Waals surface area contributed by atoms with Crippen LogP contribution in [0.2, 0.25) is 0 Å². The maximum Gasteiger partial charge on any atom is 0.172 e. The summed E-state index contributed by atoms with van der Waals surface area (Å²) in [4.78, 5) is 12.8. The molecule has 2 rings (SSSR count). The van der Waals surface area contributed by atoms with Crippen molar-refractivity contribution >= 4 is 16.6 Å². The van der Waals surface area contributed by atoms with Crippen LogP contribution in [0, 0.1) is 5.41 Å². The van der Waals surface area contributed by atoms with E-state index in [-0.39, 0.29) is 11.2 Å². The van der Waals surface area contributed by atoms with Gasteiger partial charge in [-0.15, -0.1) is 0 Å². The van der Waals surface area contributed by atoms with E-state index in [4.69, 9.17) is 4.74 Å². The van der Waals surface area contributed by atoms with Gasteiger partial charge in [-0.1, -0.05) is 51.1 Å². The molecule has 19 heavy (non-hydrogen) atoms. The van der Waals surface area contributed by atoms with Gasteiger partial charge in [0.05, 0.1) is 12.7 Å². The van der Waals surface area contributed by atoms with Gasteiger partial charge in [0.2, 0.25) is 0 Å². The number of ketones is 1. The Balaban J connectivity index is 2.73. The maximum absolute atomic E-state index is 12.8. The van der Waals surface area contributed by atoms with Crippen molar-refractivity contribution in [2.24, 2.45) is 5.41 Å². The van der Waals surface area contributed by atoms with Crippen LogP contribution in [0.1, 0.15) is 37.6 Å². The van der Waals surface area contributed by atoms with Crippen molar-refractivity contribution in [1.82, 2.24) is 0 Å². The first kappa shape index (κ1) is 13.6. The third-order valence-corrected chi connectivity index (χ3v) is 3.84. The summed E-state index contributed by atoms with van der Waals surface area (Å²) in [7, 11) is 1.61. The lowest BCUT2D eigenvalue weighted by Gasteiger charge is -2.23. The summed E-state index contributed by atoms with van der Waals surface area (Å²) in [6, 6.07) is 11.8. The Morgan fingerprint density at radius 1 is 1.16 bits per heavy atom. The first-order chi connectivity index (χ1) is 9.01. The van der Waals surface area contributed by atoms with Crippen molar-refractivity contribution in [1.29, 1.82) is 0 Å². The predicted molar refractivity (Wildman–Crippen MR) is 78.9 cm³/mol. The van der Waals surface area contributed by atoms with Crippen molar-refractivity contribution in [3.05, 3.63) is 42.0 Å². The van der Waals surface area contributed by atoms with Crippen LogP contribution in [0.25, 0.3) is 10.8 Å². The predicted octanol–water partition coefficient (Wildman–Crippen LogP) is 4.47. The fourth-order valence-corrected chi connectivity index (χ4v) is 2.15. The molecular weight excluding hydrogens is 236 g/mol. The minimum atomic E-state index is -0.378. The number of carbonyl (C=O) groups excluding carboxylic acids is 1. The lowest BCUT2D eigenvalue weighted by molar-refractivity contribution is 0.0831. The van der Waals surface area contributed by atoms with Gasteiger partial charge in [-0.05, 0) is 23.3 Å². The molecule has 0 aromatic heterocycles. The van der Waals surface area contributed by atoms with Gasteiger partial charge in [0.25, 0.3) is 0 Å². The van der Waals surface area contributed by atoms with Crippen LogP contribution in [-0.2, 0) is 0 Å². The minimum absolute atomic E-state index is 0.142. The SMILES string of the molecule is CCC(C)(C)C(=O)c1c(OC)ccc2ccccc12. The summed E-state index contributed by atoms with van der Waals surface area (Å²) in [6.45, 7) is 6.00. The number of benzene rings is 2. The molecule has 0 atom stereocenters. The summed E-state index contributed by atoms with van der Waals surface area (Å²) >= 11 is 0. The highest BCUT2D eigenvalue weighted by atomic mass is 16.5. The molecule has 0 spiro atoms. The molecule has 0 aliphatic rings. The Bertz CT molecular complexity index is 612. The molecule has 0 fully saturated rings. The minimum Gasteiger partial charge on any atom is -0.496 e. The van der Waals surface area contributed by atoms with Gasteiger partial charge < -0.3 is 4.74 Å². The molecule has 2 nitrogen and oxygen atoms in total. The van der Waals surface area contributed by atoms with Crippen LogP contribution in [0.15, 0.2) is 36.4 Å². The number of hydrogen-bond acceptors (Lipinski definition) is 2. The quantitative estimate of drug-likeness (QED) is 0.754. The summed E-state index contributed by atoms with van der Waals surface area (Å²) in [5, 5.41) is 2.03. The number of Topliss-reactive ketones (excluding diaryl/α,β-unsaturated/α-hetero) is 1. The first-order valence-electron chi connectivity index (χ1n) is 6.62. The Kier molecular flexibility index (Phi) is 3.61. The second kappa shape index (κ2) is 5.04. The molecule has 0 bridgehead atoms. The number of ether oxygens (including phenoxy) is 1. The van der Waals surface area contributed by atoms with Crippen LogP contribution in [0.4, 0.5) is 0 Å². The molecule has 0 saturated heterocycles. The molecule has 0 saturated carbocycles. The molecule has 100 valence electrons. The van der Waals surface area contributed by atoms with Crippen LogP contribution < -0.4 is 4.74 Å². The standard InChI is InChI=1S/C17H20O2/c1-5-17(2,3)16(18)15-13-9-7-6-8-12(13)10-11-14(15)19-4/h6-11H,5H2,1-4H3. The molecule has 2 aromatic carbocycles. The number of fused-ring (bicyclic) bond motifs is 1. The maximum atomic E-state index is 12.8. The van der Waals surface area contributed by atoms with E-state index in [1.165, 1.54) is 0 Å². The van der Waals surface area contributed by atoms with Gasteiger partial charge in [-0.25, -0.2) is 0 Å². The highest BCUT2D eigenvalue weighted by Crippen LogP contribution is 2.35. The third-order valence-electron chi connectivity index (χ3n) is 3.84. The smallest absolute Gasteiger partial charge is 0.172 e. The molecule has 0 N–H and O–H groups in total. The van der Waals surface area contributed by atoms with Crippen LogP contribution in [-0.4, -0.2) is 12.9 Å². The average molecular weight is 256 g/mol. The zero-order chi connectivity index (χ0) is 14.0. The molecule has 0 amide bonds. The van der Waals surface area contributed by atoms with E-state index in [2.05, 4.69) is 0 Å². The van der Waals surface area contributed by atoms with E-state index in [0.29, 0.717) is 11.3 Å². The van der Waals surface area contributed by atoms with E-state index in [9.17, 15) is 4.79 Å². The summed E-state index contributed by atoms with van der Waals surface area (Å²) < 4.78 is 5.39. The molecule has 2 heteroatoms. The number of carbonyl (C=O) groups is 1. The van der Waals surface area contributed by atoms with Crippen molar-refractivity contribution in [2.75, 3.05) is 7.11 Å².